The summed E-state index contributed by atoms with van der Waals surface area (Å²) in [5.74, 6) is -0.530. The molecule has 0 aliphatic carbocycles. The quantitative estimate of drug-likeness (QED) is 0.738. The van der Waals surface area contributed by atoms with E-state index in [0.29, 0.717) is 11.3 Å². The maximum atomic E-state index is 13.3. The monoisotopic (exact) mass is 218 g/mol. The van der Waals surface area contributed by atoms with Crippen molar-refractivity contribution in [1.29, 1.82) is 0 Å². The minimum Gasteiger partial charge on any atom is -0.340 e. The molecule has 0 fully saturated rings. The number of rotatable bonds is 3. The second-order valence-electron chi connectivity index (χ2n) is 3.62. The molecule has 2 rings (SSSR count). The van der Waals surface area contributed by atoms with Crippen molar-refractivity contribution < 1.29 is 9.18 Å². The second-order valence-corrected chi connectivity index (χ2v) is 3.62. The Morgan fingerprint density at radius 1 is 1.44 bits per heavy atom. The summed E-state index contributed by atoms with van der Waals surface area (Å²) < 4.78 is 15.0. The first-order valence-corrected chi connectivity index (χ1v) is 4.91. The number of imidazole rings is 1. The molecule has 0 unspecified atom stereocenters. The van der Waals surface area contributed by atoms with Crippen LogP contribution in [0.3, 0.4) is 0 Å². The van der Waals surface area contributed by atoms with Crippen LogP contribution in [0.4, 0.5) is 4.39 Å². The third kappa shape index (κ3) is 2.16. The van der Waals surface area contributed by atoms with Gasteiger partial charge in [0.25, 0.3) is 0 Å². The molecular formula is C12H11FN2O. The van der Waals surface area contributed by atoms with E-state index in [1.54, 1.807) is 42.3 Å². The summed E-state index contributed by atoms with van der Waals surface area (Å²) in [6.45, 7) is 0. The SMILES string of the molecule is Cn1cnc(C(=O)Cc2ccccc2F)c1. The summed E-state index contributed by atoms with van der Waals surface area (Å²) in [4.78, 5) is 15.7. The molecule has 0 radical (unpaired) electrons. The fourth-order valence-corrected chi connectivity index (χ4v) is 1.46. The number of ketones is 1. The van der Waals surface area contributed by atoms with Gasteiger partial charge in [0.1, 0.15) is 11.5 Å². The molecule has 0 saturated carbocycles. The van der Waals surface area contributed by atoms with E-state index in [1.807, 2.05) is 0 Å². The first-order valence-electron chi connectivity index (χ1n) is 4.91. The van der Waals surface area contributed by atoms with Crippen molar-refractivity contribution in [3.05, 3.63) is 53.9 Å². The Balaban J connectivity index is 2.17. The standard InChI is InChI=1S/C12H11FN2O/c1-15-7-11(14-8-15)12(16)6-9-4-2-3-5-10(9)13/h2-5,7-8H,6H2,1H3. The predicted octanol–water partition coefficient (Wildman–Crippen LogP) is 1.98. The van der Waals surface area contributed by atoms with Crippen molar-refractivity contribution in [2.75, 3.05) is 0 Å². The van der Waals surface area contributed by atoms with Crippen molar-refractivity contribution in [1.82, 2.24) is 9.55 Å². The first kappa shape index (κ1) is 10.5. The molecule has 0 atom stereocenters. The zero-order valence-electron chi connectivity index (χ0n) is 8.85. The number of benzene rings is 1. The fourth-order valence-electron chi connectivity index (χ4n) is 1.46. The molecule has 1 aromatic heterocycles. The summed E-state index contributed by atoms with van der Waals surface area (Å²) in [6.07, 6.45) is 3.22. The lowest BCUT2D eigenvalue weighted by atomic mass is 10.1. The van der Waals surface area contributed by atoms with Gasteiger partial charge in [-0.2, -0.15) is 0 Å². The molecule has 0 aliphatic heterocycles. The molecule has 1 aromatic carbocycles. The van der Waals surface area contributed by atoms with Gasteiger partial charge in [-0.1, -0.05) is 18.2 Å². The molecular weight excluding hydrogens is 207 g/mol. The summed E-state index contributed by atoms with van der Waals surface area (Å²) >= 11 is 0. The molecule has 4 heteroatoms. The van der Waals surface area contributed by atoms with Crippen LogP contribution in [0.5, 0.6) is 0 Å². The molecule has 1 heterocycles. The van der Waals surface area contributed by atoms with Crippen LogP contribution in [-0.2, 0) is 13.5 Å². The van der Waals surface area contributed by atoms with Gasteiger partial charge in [-0.15, -0.1) is 0 Å². The number of aromatic nitrogens is 2. The third-order valence-electron chi connectivity index (χ3n) is 2.30. The lowest BCUT2D eigenvalue weighted by Crippen LogP contribution is -2.05. The number of halogens is 1. The number of hydrogen-bond acceptors (Lipinski definition) is 2. The number of carbonyl (C=O) groups excluding carboxylic acids is 1. The van der Waals surface area contributed by atoms with Crippen LogP contribution in [-0.4, -0.2) is 15.3 Å². The second kappa shape index (κ2) is 4.26. The highest BCUT2D eigenvalue weighted by Gasteiger charge is 2.11. The van der Waals surface area contributed by atoms with E-state index in [0.717, 1.165) is 0 Å². The predicted molar refractivity (Wildman–Crippen MR) is 57.6 cm³/mol. The Labute approximate surface area is 92.5 Å². The lowest BCUT2D eigenvalue weighted by Gasteiger charge is -1.99. The maximum Gasteiger partial charge on any atom is 0.187 e. The number of carbonyl (C=O) groups is 1. The van der Waals surface area contributed by atoms with Gasteiger partial charge in [0.2, 0.25) is 0 Å². The highest BCUT2D eigenvalue weighted by atomic mass is 19.1. The van der Waals surface area contributed by atoms with Gasteiger partial charge in [-0.3, -0.25) is 4.79 Å². The van der Waals surface area contributed by atoms with Crippen LogP contribution in [0.15, 0.2) is 36.8 Å². The van der Waals surface area contributed by atoms with Gasteiger partial charge in [-0.05, 0) is 11.6 Å². The van der Waals surface area contributed by atoms with Crippen molar-refractivity contribution in [3.63, 3.8) is 0 Å². The van der Waals surface area contributed by atoms with Crippen molar-refractivity contribution in [2.45, 2.75) is 6.42 Å². The van der Waals surface area contributed by atoms with Crippen LogP contribution in [0.1, 0.15) is 16.1 Å². The van der Waals surface area contributed by atoms with Gasteiger partial charge < -0.3 is 4.57 Å². The van der Waals surface area contributed by atoms with Crippen LogP contribution >= 0.6 is 0 Å². The van der Waals surface area contributed by atoms with Gasteiger partial charge in [-0.25, -0.2) is 9.37 Å². The minimum absolute atomic E-state index is 0.0453. The van der Waals surface area contributed by atoms with Crippen molar-refractivity contribution in [2.24, 2.45) is 7.05 Å². The maximum absolute atomic E-state index is 13.3. The van der Waals surface area contributed by atoms with Crippen LogP contribution in [0.2, 0.25) is 0 Å². The highest BCUT2D eigenvalue weighted by Crippen LogP contribution is 2.10. The molecule has 0 bridgehead atoms. The van der Waals surface area contributed by atoms with Gasteiger partial charge in [0.15, 0.2) is 5.78 Å². The van der Waals surface area contributed by atoms with E-state index < -0.39 is 0 Å². The summed E-state index contributed by atoms with van der Waals surface area (Å²) in [5, 5.41) is 0. The Bertz CT molecular complexity index is 519. The normalized spacial score (nSPS) is 10.4. The molecule has 2 aromatic rings. The average Bonchev–Trinajstić information content (AvgIpc) is 2.68. The Kier molecular flexibility index (Phi) is 2.81. The van der Waals surface area contributed by atoms with Crippen molar-refractivity contribution in [3.8, 4) is 0 Å². The third-order valence-corrected chi connectivity index (χ3v) is 2.30. The minimum atomic E-state index is -0.355. The first-order chi connectivity index (χ1) is 7.66. The number of nitrogens with zero attached hydrogens (tertiary/aromatic N) is 2. The molecule has 0 saturated heterocycles. The van der Waals surface area contributed by atoms with Crippen LogP contribution in [0, 0.1) is 5.82 Å². The van der Waals surface area contributed by atoms with E-state index in [4.69, 9.17) is 0 Å². The zero-order chi connectivity index (χ0) is 11.5. The number of aryl methyl sites for hydroxylation is 1. The molecule has 0 N–H and O–H groups in total. The van der Waals surface area contributed by atoms with E-state index in [9.17, 15) is 9.18 Å². The van der Waals surface area contributed by atoms with Gasteiger partial charge in [0.05, 0.1) is 6.33 Å². The smallest absolute Gasteiger partial charge is 0.187 e. The topological polar surface area (TPSA) is 34.9 Å². The van der Waals surface area contributed by atoms with E-state index >= 15 is 0 Å². The van der Waals surface area contributed by atoms with Crippen molar-refractivity contribution >= 4 is 5.78 Å². The molecule has 3 nitrogen and oxygen atoms in total. The average molecular weight is 218 g/mol. The fraction of sp³-hybridized carbons (Fsp3) is 0.167. The van der Waals surface area contributed by atoms with Crippen LogP contribution in [0.25, 0.3) is 0 Å². The summed E-state index contributed by atoms with van der Waals surface area (Å²) in [7, 11) is 1.78. The largest absolute Gasteiger partial charge is 0.340 e. The van der Waals surface area contributed by atoms with Gasteiger partial charge >= 0.3 is 0 Å². The highest BCUT2D eigenvalue weighted by molar-refractivity contribution is 5.95. The molecule has 0 spiro atoms. The number of Topliss-reactive ketones (excluding diaryl/α,β-unsaturated/α-hetero) is 1. The Hall–Kier alpha value is -1.97. The van der Waals surface area contributed by atoms with Gasteiger partial charge in [0, 0.05) is 19.7 Å². The molecule has 0 aliphatic rings. The number of hydrogen-bond donors (Lipinski definition) is 0. The molecule has 16 heavy (non-hydrogen) atoms. The molecule has 0 amide bonds. The van der Waals surface area contributed by atoms with E-state index in [1.165, 1.54) is 6.07 Å². The van der Waals surface area contributed by atoms with Crippen LogP contribution < -0.4 is 0 Å². The van der Waals surface area contributed by atoms with E-state index in [2.05, 4.69) is 4.98 Å². The summed E-state index contributed by atoms with van der Waals surface area (Å²) in [5.41, 5.74) is 0.768. The molecule has 82 valence electrons. The Morgan fingerprint density at radius 3 is 2.81 bits per heavy atom. The summed E-state index contributed by atoms with van der Waals surface area (Å²) in [6, 6.07) is 6.27. The van der Waals surface area contributed by atoms with E-state index in [-0.39, 0.29) is 18.0 Å². The lowest BCUT2D eigenvalue weighted by molar-refractivity contribution is 0.0987. The zero-order valence-corrected chi connectivity index (χ0v) is 8.85. The Morgan fingerprint density at radius 2 is 2.19 bits per heavy atom.